The monoisotopic (exact) mass is 345 g/mol. The second kappa shape index (κ2) is 6.75. The minimum Gasteiger partial charge on any atom is -0.476 e. The molecule has 9 heteroatoms. The van der Waals surface area contributed by atoms with E-state index >= 15 is 0 Å². The lowest BCUT2D eigenvalue weighted by Crippen LogP contribution is -2.06. The molecule has 24 heavy (non-hydrogen) atoms. The van der Waals surface area contributed by atoms with Gasteiger partial charge in [-0.15, -0.1) is 5.10 Å². The second-order valence-corrected chi connectivity index (χ2v) is 5.80. The van der Waals surface area contributed by atoms with Gasteiger partial charge in [0.1, 0.15) is 5.82 Å². The van der Waals surface area contributed by atoms with Gasteiger partial charge in [0.05, 0.1) is 11.4 Å². The molecular weight excluding hydrogens is 333 g/mol. The van der Waals surface area contributed by atoms with Crippen molar-refractivity contribution >= 4 is 17.7 Å². The van der Waals surface area contributed by atoms with Gasteiger partial charge in [-0.25, -0.2) is 23.8 Å². The van der Waals surface area contributed by atoms with Crippen LogP contribution in [0.25, 0.3) is 5.69 Å². The molecule has 0 aliphatic heterocycles. The molecule has 0 spiro atoms. The predicted octanol–water partition coefficient (Wildman–Crippen LogP) is 2.50. The fourth-order valence-electron chi connectivity index (χ4n) is 2.01. The van der Waals surface area contributed by atoms with E-state index in [1.807, 2.05) is 0 Å². The van der Waals surface area contributed by atoms with Gasteiger partial charge in [-0.1, -0.05) is 23.0 Å². The molecule has 2 aromatic heterocycles. The zero-order chi connectivity index (χ0) is 17.1. The van der Waals surface area contributed by atoms with E-state index < -0.39 is 11.8 Å². The number of rotatable bonds is 5. The zero-order valence-corrected chi connectivity index (χ0v) is 13.4. The van der Waals surface area contributed by atoms with Crippen LogP contribution in [0.1, 0.15) is 21.7 Å². The molecule has 0 unspecified atom stereocenters. The molecule has 1 N–H and O–H groups in total. The SMILES string of the molecule is Cc1ccc(-n2nnc(C(=O)O)c2CSc2ncccn2)cc1F. The van der Waals surface area contributed by atoms with Gasteiger partial charge in [-0.3, -0.25) is 0 Å². The molecule has 0 amide bonds. The van der Waals surface area contributed by atoms with Gasteiger partial charge in [0, 0.05) is 18.1 Å². The number of aromatic nitrogens is 5. The Balaban J connectivity index is 1.97. The zero-order valence-electron chi connectivity index (χ0n) is 12.5. The lowest BCUT2D eigenvalue weighted by Gasteiger charge is -2.07. The highest BCUT2D eigenvalue weighted by Gasteiger charge is 2.21. The Bertz CT molecular complexity index is 885. The van der Waals surface area contributed by atoms with Gasteiger partial charge in [-0.2, -0.15) is 0 Å². The van der Waals surface area contributed by atoms with Crippen LogP contribution in [0, 0.1) is 12.7 Å². The van der Waals surface area contributed by atoms with Gasteiger partial charge in [0.15, 0.2) is 10.9 Å². The maximum absolute atomic E-state index is 13.8. The highest BCUT2D eigenvalue weighted by molar-refractivity contribution is 7.98. The Morgan fingerprint density at radius 2 is 2.08 bits per heavy atom. The van der Waals surface area contributed by atoms with Gasteiger partial charge in [0.25, 0.3) is 0 Å². The van der Waals surface area contributed by atoms with Gasteiger partial charge < -0.3 is 5.11 Å². The van der Waals surface area contributed by atoms with Crippen LogP contribution in [0.15, 0.2) is 41.8 Å². The summed E-state index contributed by atoms with van der Waals surface area (Å²) in [6.07, 6.45) is 3.19. The Labute approximate surface area is 140 Å². The number of thioether (sulfide) groups is 1. The van der Waals surface area contributed by atoms with Crippen LogP contribution in [0.5, 0.6) is 0 Å². The van der Waals surface area contributed by atoms with Crippen LogP contribution < -0.4 is 0 Å². The molecule has 0 radical (unpaired) electrons. The fraction of sp³-hybridized carbons (Fsp3) is 0.133. The lowest BCUT2D eigenvalue weighted by molar-refractivity contribution is 0.0689. The molecule has 7 nitrogen and oxygen atoms in total. The number of halogens is 1. The molecule has 2 heterocycles. The number of nitrogens with zero attached hydrogens (tertiary/aromatic N) is 5. The molecule has 0 fully saturated rings. The van der Waals surface area contributed by atoms with Crippen LogP contribution in [0.2, 0.25) is 0 Å². The summed E-state index contributed by atoms with van der Waals surface area (Å²) in [6.45, 7) is 1.65. The molecule has 3 rings (SSSR count). The molecule has 0 aliphatic carbocycles. The van der Waals surface area contributed by atoms with Crippen molar-refractivity contribution in [2.45, 2.75) is 17.8 Å². The number of aromatic carboxylic acids is 1. The van der Waals surface area contributed by atoms with Crippen LogP contribution in [-0.4, -0.2) is 36.0 Å². The summed E-state index contributed by atoms with van der Waals surface area (Å²) >= 11 is 1.25. The summed E-state index contributed by atoms with van der Waals surface area (Å²) in [4.78, 5) is 19.5. The summed E-state index contributed by atoms with van der Waals surface area (Å²) in [5.41, 5.74) is 1.05. The van der Waals surface area contributed by atoms with E-state index in [9.17, 15) is 14.3 Å². The van der Waals surface area contributed by atoms with Crippen molar-refractivity contribution in [1.29, 1.82) is 0 Å². The normalized spacial score (nSPS) is 10.8. The van der Waals surface area contributed by atoms with Gasteiger partial charge >= 0.3 is 5.97 Å². The number of aryl methyl sites for hydroxylation is 1. The van der Waals surface area contributed by atoms with E-state index in [0.29, 0.717) is 22.1 Å². The van der Waals surface area contributed by atoms with E-state index in [-0.39, 0.29) is 11.4 Å². The Morgan fingerprint density at radius 3 is 2.75 bits per heavy atom. The van der Waals surface area contributed by atoms with Crippen LogP contribution in [-0.2, 0) is 5.75 Å². The maximum atomic E-state index is 13.8. The molecule has 0 bridgehead atoms. The number of benzene rings is 1. The maximum Gasteiger partial charge on any atom is 0.358 e. The van der Waals surface area contributed by atoms with E-state index in [1.165, 1.54) is 22.5 Å². The minimum absolute atomic E-state index is 0.181. The lowest BCUT2D eigenvalue weighted by atomic mass is 10.2. The van der Waals surface area contributed by atoms with Crippen molar-refractivity contribution in [2.24, 2.45) is 0 Å². The number of carbonyl (C=O) groups is 1. The van der Waals surface area contributed by atoms with Crippen LogP contribution >= 0.6 is 11.8 Å². The van der Waals surface area contributed by atoms with E-state index in [2.05, 4.69) is 20.3 Å². The summed E-state index contributed by atoms with van der Waals surface area (Å²) < 4.78 is 15.1. The Hall–Kier alpha value is -2.81. The van der Waals surface area contributed by atoms with E-state index in [4.69, 9.17) is 0 Å². The number of hydrogen-bond acceptors (Lipinski definition) is 6. The van der Waals surface area contributed by atoms with Gasteiger partial charge in [-0.05, 0) is 30.7 Å². The van der Waals surface area contributed by atoms with Crippen LogP contribution in [0.3, 0.4) is 0 Å². The molecule has 0 saturated carbocycles. The van der Waals surface area contributed by atoms with Crippen molar-refractivity contribution in [2.75, 3.05) is 0 Å². The van der Waals surface area contributed by atoms with Crippen molar-refractivity contribution in [1.82, 2.24) is 25.0 Å². The molecule has 122 valence electrons. The second-order valence-electron chi connectivity index (χ2n) is 4.86. The molecule has 1 aromatic carbocycles. The van der Waals surface area contributed by atoms with Crippen molar-refractivity contribution in [3.63, 3.8) is 0 Å². The molecular formula is C15H12FN5O2S. The van der Waals surface area contributed by atoms with Gasteiger partial charge in [0.2, 0.25) is 0 Å². The third kappa shape index (κ3) is 3.25. The largest absolute Gasteiger partial charge is 0.476 e. The Kier molecular flexibility index (Phi) is 4.52. The number of hydrogen-bond donors (Lipinski definition) is 1. The average Bonchev–Trinajstić information content (AvgIpc) is 3.00. The van der Waals surface area contributed by atoms with E-state index in [1.54, 1.807) is 37.5 Å². The van der Waals surface area contributed by atoms with Crippen molar-refractivity contribution in [3.05, 3.63) is 59.4 Å². The molecule has 0 aliphatic rings. The third-order valence-corrected chi connectivity index (χ3v) is 4.13. The predicted molar refractivity (Wildman–Crippen MR) is 84.6 cm³/mol. The summed E-state index contributed by atoms with van der Waals surface area (Å²) in [7, 11) is 0. The highest BCUT2D eigenvalue weighted by Crippen LogP contribution is 2.23. The topological polar surface area (TPSA) is 93.8 Å². The minimum atomic E-state index is -1.20. The third-order valence-electron chi connectivity index (χ3n) is 3.25. The van der Waals surface area contributed by atoms with Crippen molar-refractivity contribution < 1.29 is 14.3 Å². The Morgan fingerprint density at radius 1 is 1.33 bits per heavy atom. The first kappa shape index (κ1) is 16.1. The first-order chi connectivity index (χ1) is 11.6. The first-order valence-electron chi connectivity index (χ1n) is 6.90. The molecule has 0 atom stereocenters. The number of carboxylic acids is 1. The van der Waals surface area contributed by atoms with E-state index in [0.717, 1.165) is 0 Å². The first-order valence-corrected chi connectivity index (χ1v) is 7.89. The smallest absolute Gasteiger partial charge is 0.358 e. The van der Waals surface area contributed by atoms with Crippen molar-refractivity contribution in [3.8, 4) is 5.69 Å². The summed E-state index contributed by atoms with van der Waals surface area (Å²) in [5, 5.41) is 17.3. The standard InChI is InChI=1S/C15H12FN5O2S/c1-9-3-4-10(7-11(9)16)21-12(13(14(22)23)19-20-21)8-24-15-17-5-2-6-18-15/h2-7H,8H2,1H3,(H,22,23). The quantitative estimate of drug-likeness (QED) is 0.561. The van der Waals surface area contributed by atoms with Crippen LogP contribution in [0.4, 0.5) is 4.39 Å². The fourth-order valence-corrected chi connectivity index (χ4v) is 2.81. The molecule has 0 saturated heterocycles. The molecule has 3 aromatic rings. The highest BCUT2D eigenvalue weighted by atomic mass is 32.2. The number of carboxylic acid groups (broad SMARTS) is 1. The average molecular weight is 345 g/mol. The summed E-state index contributed by atoms with van der Waals surface area (Å²) in [6, 6.07) is 6.24. The summed E-state index contributed by atoms with van der Waals surface area (Å²) in [5.74, 6) is -1.36.